The fourth-order valence-electron chi connectivity index (χ4n) is 3.83. The lowest BCUT2D eigenvalue weighted by Crippen LogP contribution is -2.36. The summed E-state index contributed by atoms with van der Waals surface area (Å²) in [6.07, 6.45) is 1.54. The molecule has 0 atom stereocenters. The largest absolute Gasteiger partial charge is 0.497 e. The number of imide groups is 1. The molecule has 1 aliphatic heterocycles. The summed E-state index contributed by atoms with van der Waals surface area (Å²) < 4.78 is 17.3. The van der Waals surface area contributed by atoms with E-state index in [-0.39, 0.29) is 17.1 Å². The number of nitrogens with one attached hydrogen (secondary N) is 1. The van der Waals surface area contributed by atoms with Gasteiger partial charge in [0, 0.05) is 5.69 Å². The molecule has 12 heteroatoms. The van der Waals surface area contributed by atoms with Gasteiger partial charge in [-0.05, 0) is 100 Å². The first kappa shape index (κ1) is 29.7. The van der Waals surface area contributed by atoms with Crippen LogP contribution in [0.4, 0.5) is 10.5 Å². The van der Waals surface area contributed by atoms with Crippen LogP contribution in [0.3, 0.4) is 0 Å². The maximum atomic E-state index is 13.0. The van der Waals surface area contributed by atoms with Crippen LogP contribution in [0.1, 0.15) is 28.4 Å². The third-order valence-electron chi connectivity index (χ3n) is 5.74. The number of carboxylic acids is 1. The average molecular weight is 641 g/mol. The zero-order chi connectivity index (χ0) is 29.5. The number of anilines is 1. The number of halogens is 1. The van der Waals surface area contributed by atoms with Crippen LogP contribution in [0.25, 0.3) is 6.08 Å². The quantitative estimate of drug-likeness (QED) is 0.249. The van der Waals surface area contributed by atoms with E-state index in [1.807, 2.05) is 6.92 Å². The number of benzene rings is 3. The number of hydrogen-bond donors (Lipinski definition) is 2. The third kappa shape index (κ3) is 7.47. The van der Waals surface area contributed by atoms with Crippen LogP contribution in [-0.2, 0) is 16.2 Å². The van der Waals surface area contributed by atoms with E-state index in [0.29, 0.717) is 45.1 Å². The highest BCUT2D eigenvalue weighted by Gasteiger charge is 2.36. The van der Waals surface area contributed by atoms with Crippen molar-refractivity contribution in [3.8, 4) is 17.2 Å². The Hall–Kier alpha value is -4.29. The highest BCUT2D eigenvalue weighted by atomic mass is 79.9. The molecule has 0 bridgehead atoms. The summed E-state index contributed by atoms with van der Waals surface area (Å²) in [6.45, 7) is 1.80. The number of rotatable bonds is 11. The summed E-state index contributed by atoms with van der Waals surface area (Å²) in [4.78, 5) is 50.4. The molecule has 3 aromatic rings. The van der Waals surface area contributed by atoms with Gasteiger partial charge in [0.05, 0.1) is 28.7 Å². The standard InChI is InChI=1S/C29H25BrN2O8S/c1-3-39-23-13-18(12-22(30)26(23)40-16-17-5-4-6-19(11-17)28(35)36)14-24-27(34)32(29(37)41-24)15-25(33)31-20-7-9-21(38-2)10-8-20/h4-14H,3,15-16H2,1-2H3,(H,31,33)(H,35,36)/b24-14+. The van der Waals surface area contributed by atoms with Crippen LogP contribution in [0.5, 0.6) is 17.2 Å². The van der Waals surface area contributed by atoms with E-state index in [0.717, 1.165) is 16.7 Å². The second kappa shape index (κ2) is 13.4. The van der Waals surface area contributed by atoms with Crippen LogP contribution in [0.2, 0.25) is 0 Å². The van der Waals surface area contributed by atoms with Crippen molar-refractivity contribution in [3.63, 3.8) is 0 Å². The minimum atomic E-state index is -1.03. The second-order valence-electron chi connectivity index (χ2n) is 8.60. The van der Waals surface area contributed by atoms with Crippen molar-refractivity contribution in [2.75, 3.05) is 25.6 Å². The van der Waals surface area contributed by atoms with Gasteiger partial charge in [-0.25, -0.2) is 4.79 Å². The van der Waals surface area contributed by atoms with Gasteiger partial charge in [0.1, 0.15) is 18.9 Å². The zero-order valence-corrected chi connectivity index (χ0v) is 24.4. The number of amides is 3. The SMILES string of the molecule is CCOc1cc(/C=C2/SC(=O)N(CC(=O)Nc3ccc(OC)cc3)C2=O)cc(Br)c1OCc1cccc(C(=O)O)c1. The van der Waals surface area contributed by atoms with Gasteiger partial charge >= 0.3 is 5.97 Å². The number of methoxy groups -OCH3 is 1. The first-order valence-corrected chi connectivity index (χ1v) is 13.9. The van der Waals surface area contributed by atoms with Crippen molar-refractivity contribution in [3.05, 3.63) is 86.7 Å². The topological polar surface area (TPSA) is 131 Å². The van der Waals surface area contributed by atoms with Crippen molar-refractivity contribution < 1.29 is 38.5 Å². The van der Waals surface area contributed by atoms with Gasteiger partial charge in [0.2, 0.25) is 5.91 Å². The van der Waals surface area contributed by atoms with Gasteiger partial charge in [-0.3, -0.25) is 19.3 Å². The maximum Gasteiger partial charge on any atom is 0.335 e. The fraction of sp³-hybridized carbons (Fsp3) is 0.172. The zero-order valence-electron chi connectivity index (χ0n) is 22.0. The van der Waals surface area contributed by atoms with E-state index < -0.39 is 29.6 Å². The predicted molar refractivity (Wildman–Crippen MR) is 157 cm³/mol. The van der Waals surface area contributed by atoms with E-state index in [1.165, 1.54) is 19.2 Å². The Morgan fingerprint density at radius 3 is 2.51 bits per heavy atom. The van der Waals surface area contributed by atoms with Crippen molar-refractivity contribution in [1.29, 1.82) is 0 Å². The molecule has 2 N–H and O–H groups in total. The van der Waals surface area contributed by atoms with Gasteiger partial charge in [0.25, 0.3) is 11.1 Å². The van der Waals surface area contributed by atoms with Crippen LogP contribution < -0.4 is 19.5 Å². The lowest BCUT2D eigenvalue weighted by atomic mass is 10.1. The average Bonchev–Trinajstić information content (AvgIpc) is 3.20. The molecule has 41 heavy (non-hydrogen) atoms. The first-order valence-electron chi connectivity index (χ1n) is 12.3. The molecule has 0 saturated carbocycles. The van der Waals surface area contributed by atoms with E-state index in [1.54, 1.807) is 54.6 Å². The molecular weight excluding hydrogens is 616 g/mol. The molecule has 0 radical (unpaired) electrons. The molecule has 0 spiro atoms. The highest BCUT2D eigenvalue weighted by molar-refractivity contribution is 9.10. The number of hydrogen-bond acceptors (Lipinski definition) is 8. The number of aromatic carboxylic acids is 1. The van der Waals surface area contributed by atoms with Crippen LogP contribution >= 0.6 is 27.7 Å². The Balaban J connectivity index is 1.47. The minimum absolute atomic E-state index is 0.0939. The Morgan fingerprint density at radius 1 is 1.07 bits per heavy atom. The first-order chi connectivity index (χ1) is 19.7. The molecular formula is C29H25BrN2O8S. The molecule has 1 heterocycles. The Kier molecular flexibility index (Phi) is 9.69. The van der Waals surface area contributed by atoms with E-state index in [9.17, 15) is 24.3 Å². The van der Waals surface area contributed by atoms with Gasteiger partial charge < -0.3 is 24.6 Å². The molecule has 1 saturated heterocycles. The molecule has 3 amide bonds. The summed E-state index contributed by atoms with van der Waals surface area (Å²) in [7, 11) is 1.53. The molecule has 10 nitrogen and oxygen atoms in total. The summed E-state index contributed by atoms with van der Waals surface area (Å²) in [5.41, 5.74) is 1.88. The summed E-state index contributed by atoms with van der Waals surface area (Å²) in [5, 5.41) is 11.3. The van der Waals surface area contributed by atoms with E-state index >= 15 is 0 Å². The number of thioether (sulfide) groups is 1. The van der Waals surface area contributed by atoms with Crippen molar-refractivity contribution >= 4 is 62.5 Å². The van der Waals surface area contributed by atoms with Crippen LogP contribution in [-0.4, -0.2) is 53.3 Å². The Morgan fingerprint density at radius 2 is 1.83 bits per heavy atom. The van der Waals surface area contributed by atoms with Gasteiger partial charge in [-0.15, -0.1) is 0 Å². The van der Waals surface area contributed by atoms with Crippen molar-refractivity contribution in [1.82, 2.24) is 4.90 Å². The van der Waals surface area contributed by atoms with Crippen molar-refractivity contribution in [2.45, 2.75) is 13.5 Å². The molecule has 212 valence electrons. The molecule has 4 rings (SSSR count). The molecule has 0 aliphatic carbocycles. The molecule has 0 aromatic heterocycles. The lowest BCUT2D eigenvalue weighted by Gasteiger charge is -2.15. The number of carboxylic acid groups (broad SMARTS) is 1. The van der Waals surface area contributed by atoms with Gasteiger partial charge in [-0.1, -0.05) is 12.1 Å². The van der Waals surface area contributed by atoms with Crippen molar-refractivity contribution in [2.24, 2.45) is 0 Å². The maximum absolute atomic E-state index is 13.0. The number of carbonyl (C=O) groups is 4. The normalized spacial score (nSPS) is 13.8. The molecule has 1 aliphatic rings. The third-order valence-corrected chi connectivity index (χ3v) is 7.23. The second-order valence-corrected chi connectivity index (χ2v) is 10.4. The minimum Gasteiger partial charge on any atom is -0.497 e. The highest BCUT2D eigenvalue weighted by Crippen LogP contribution is 2.39. The molecule has 3 aromatic carbocycles. The summed E-state index contributed by atoms with van der Waals surface area (Å²) in [5.74, 6) is -0.722. The predicted octanol–water partition coefficient (Wildman–Crippen LogP) is 5.81. The molecule has 0 unspecified atom stereocenters. The van der Waals surface area contributed by atoms with Crippen LogP contribution in [0.15, 0.2) is 70.0 Å². The van der Waals surface area contributed by atoms with Gasteiger partial charge in [0.15, 0.2) is 11.5 Å². The van der Waals surface area contributed by atoms with Crippen LogP contribution in [0, 0.1) is 0 Å². The van der Waals surface area contributed by atoms with Gasteiger partial charge in [-0.2, -0.15) is 0 Å². The lowest BCUT2D eigenvalue weighted by molar-refractivity contribution is -0.127. The molecule has 1 fully saturated rings. The fourth-order valence-corrected chi connectivity index (χ4v) is 5.24. The number of ether oxygens (including phenoxy) is 3. The van der Waals surface area contributed by atoms with E-state index in [2.05, 4.69) is 21.2 Å². The van der Waals surface area contributed by atoms with E-state index in [4.69, 9.17) is 14.2 Å². The number of nitrogens with zero attached hydrogens (tertiary/aromatic N) is 1. The summed E-state index contributed by atoms with van der Waals surface area (Å²) in [6, 6.07) is 16.5. The number of carbonyl (C=O) groups excluding carboxylic acids is 3. The summed E-state index contributed by atoms with van der Waals surface area (Å²) >= 11 is 4.22. The smallest absolute Gasteiger partial charge is 0.335 e. The monoisotopic (exact) mass is 640 g/mol. The Labute approximate surface area is 248 Å². The Bertz CT molecular complexity index is 1520.